The number of rotatable bonds is 2. The minimum Gasteiger partial charge on any atom is -0.395 e. The third-order valence-electron chi connectivity index (χ3n) is 3.24. The molecule has 1 saturated carbocycles. The Morgan fingerprint density at radius 2 is 2.36 bits per heavy atom. The van der Waals surface area contributed by atoms with Crippen molar-refractivity contribution in [1.29, 1.82) is 0 Å². The van der Waals surface area contributed by atoms with Gasteiger partial charge in [0.05, 0.1) is 13.2 Å². The predicted molar refractivity (Wildman–Crippen MR) is 42.0 cm³/mol. The standard InChI is InChI=1S/C9H14O2/c10-5-8-3-7-1-2-9(8,4-7)6-11/h3,7,10-11H,1-2,4-6H2. The maximum Gasteiger partial charge on any atom is 0.0648 e. The topological polar surface area (TPSA) is 40.5 Å². The van der Waals surface area contributed by atoms with Gasteiger partial charge >= 0.3 is 0 Å². The summed E-state index contributed by atoms with van der Waals surface area (Å²) in [5.41, 5.74) is 1.07. The average molecular weight is 154 g/mol. The molecule has 0 aromatic rings. The number of fused-ring (bicyclic) bond motifs is 2. The van der Waals surface area contributed by atoms with E-state index < -0.39 is 0 Å². The fourth-order valence-electron chi connectivity index (χ4n) is 2.53. The van der Waals surface area contributed by atoms with Crippen LogP contribution in [0.4, 0.5) is 0 Å². The third-order valence-corrected chi connectivity index (χ3v) is 3.24. The fraction of sp³-hybridized carbons (Fsp3) is 0.778. The smallest absolute Gasteiger partial charge is 0.0648 e. The minimum atomic E-state index is -0.0145. The van der Waals surface area contributed by atoms with Gasteiger partial charge in [0.1, 0.15) is 0 Å². The molecule has 2 aliphatic carbocycles. The van der Waals surface area contributed by atoms with Crippen molar-refractivity contribution < 1.29 is 10.2 Å². The second-order valence-corrected chi connectivity index (χ2v) is 3.79. The molecule has 2 aliphatic rings. The lowest BCUT2D eigenvalue weighted by molar-refractivity contribution is 0.151. The lowest BCUT2D eigenvalue weighted by Gasteiger charge is -2.26. The zero-order valence-electron chi connectivity index (χ0n) is 6.58. The summed E-state index contributed by atoms with van der Waals surface area (Å²) >= 11 is 0. The lowest BCUT2D eigenvalue weighted by atomic mass is 9.81. The Morgan fingerprint density at radius 3 is 2.82 bits per heavy atom. The van der Waals surface area contributed by atoms with E-state index in [1.807, 2.05) is 0 Å². The van der Waals surface area contributed by atoms with E-state index in [0.717, 1.165) is 18.4 Å². The molecule has 0 aromatic carbocycles. The van der Waals surface area contributed by atoms with Gasteiger partial charge < -0.3 is 10.2 Å². The van der Waals surface area contributed by atoms with Gasteiger partial charge in [0.15, 0.2) is 0 Å². The summed E-state index contributed by atoms with van der Waals surface area (Å²) in [6.45, 7) is 0.354. The van der Waals surface area contributed by atoms with E-state index in [1.54, 1.807) is 0 Å². The molecule has 0 heterocycles. The molecule has 2 rings (SSSR count). The molecule has 0 aliphatic heterocycles. The molecule has 0 radical (unpaired) electrons. The monoisotopic (exact) mass is 154 g/mol. The normalized spacial score (nSPS) is 41.3. The van der Waals surface area contributed by atoms with E-state index in [1.165, 1.54) is 6.42 Å². The van der Waals surface area contributed by atoms with Gasteiger partial charge in [-0.15, -0.1) is 0 Å². The molecule has 1 fully saturated rings. The van der Waals surface area contributed by atoms with E-state index in [4.69, 9.17) is 5.11 Å². The largest absolute Gasteiger partial charge is 0.395 e. The van der Waals surface area contributed by atoms with Crippen LogP contribution in [0, 0.1) is 11.3 Å². The van der Waals surface area contributed by atoms with Crippen molar-refractivity contribution in [2.24, 2.45) is 11.3 Å². The number of aliphatic hydroxyl groups excluding tert-OH is 2. The average Bonchev–Trinajstić information content (AvgIpc) is 2.60. The number of aliphatic hydroxyl groups is 2. The molecule has 0 amide bonds. The third kappa shape index (κ3) is 0.861. The Labute approximate surface area is 66.5 Å². The lowest BCUT2D eigenvalue weighted by Crippen LogP contribution is -2.24. The molecule has 2 bridgehead atoms. The molecule has 2 nitrogen and oxygen atoms in total. The van der Waals surface area contributed by atoms with Crippen LogP contribution < -0.4 is 0 Å². The zero-order valence-corrected chi connectivity index (χ0v) is 6.58. The van der Waals surface area contributed by atoms with Crippen molar-refractivity contribution in [3.63, 3.8) is 0 Å². The zero-order chi connectivity index (χ0) is 7.90. The fourth-order valence-corrected chi connectivity index (χ4v) is 2.53. The maximum absolute atomic E-state index is 9.19. The summed E-state index contributed by atoms with van der Waals surface area (Å²) in [6, 6.07) is 0. The van der Waals surface area contributed by atoms with Crippen LogP contribution in [0.2, 0.25) is 0 Å². The molecule has 2 N–H and O–H groups in total. The van der Waals surface area contributed by atoms with Crippen LogP contribution in [0.5, 0.6) is 0 Å². The molecule has 2 unspecified atom stereocenters. The molecule has 0 saturated heterocycles. The Morgan fingerprint density at radius 1 is 1.55 bits per heavy atom. The van der Waals surface area contributed by atoms with E-state index in [0.29, 0.717) is 5.92 Å². The van der Waals surface area contributed by atoms with Gasteiger partial charge in [0.25, 0.3) is 0 Å². The van der Waals surface area contributed by atoms with Crippen LogP contribution in [-0.4, -0.2) is 23.4 Å². The second-order valence-electron chi connectivity index (χ2n) is 3.79. The first-order chi connectivity index (χ1) is 5.30. The van der Waals surface area contributed by atoms with Crippen molar-refractivity contribution in [2.75, 3.05) is 13.2 Å². The van der Waals surface area contributed by atoms with E-state index in [9.17, 15) is 5.11 Å². The van der Waals surface area contributed by atoms with Crippen molar-refractivity contribution in [1.82, 2.24) is 0 Å². The first-order valence-electron chi connectivity index (χ1n) is 4.24. The quantitative estimate of drug-likeness (QED) is 0.575. The maximum atomic E-state index is 9.19. The summed E-state index contributed by atoms with van der Waals surface area (Å²) < 4.78 is 0. The van der Waals surface area contributed by atoms with Gasteiger partial charge in [0, 0.05) is 5.41 Å². The van der Waals surface area contributed by atoms with E-state index >= 15 is 0 Å². The SMILES string of the molecule is OCC1=CC2CCC1(CO)C2. The highest BCUT2D eigenvalue weighted by atomic mass is 16.3. The highest BCUT2D eigenvalue weighted by Crippen LogP contribution is 2.53. The first-order valence-corrected chi connectivity index (χ1v) is 4.24. The van der Waals surface area contributed by atoms with Crippen LogP contribution in [0.1, 0.15) is 19.3 Å². The Kier molecular flexibility index (Phi) is 1.55. The Balaban J connectivity index is 2.27. The van der Waals surface area contributed by atoms with Gasteiger partial charge in [-0.25, -0.2) is 0 Å². The summed E-state index contributed by atoms with van der Waals surface area (Å²) in [5.74, 6) is 0.643. The molecule has 0 spiro atoms. The Hall–Kier alpha value is -0.340. The summed E-state index contributed by atoms with van der Waals surface area (Å²) in [6.07, 6.45) is 5.49. The first kappa shape index (κ1) is 7.32. The van der Waals surface area contributed by atoms with Gasteiger partial charge in [-0.05, 0) is 30.8 Å². The molecule has 62 valence electrons. The molecule has 2 heteroatoms. The summed E-state index contributed by atoms with van der Waals surface area (Å²) in [4.78, 5) is 0. The van der Waals surface area contributed by atoms with Crippen LogP contribution in [0.25, 0.3) is 0 Å². The van der Waals surface area contributed by atoms with Crippen molar-refractivity contribution >= 4 is 0 Å². The van der Waals surface area contributed by atoms with Gasteiger partial charge in [-0.2, -0.15) is 0 Å². The molecule has 0 aromatic heterocycles. The van der Waals surface area contributed by atoms with E-state index in [2.05, 4.69) is 6.08 Å². The van der Waals surface area contributed by atoms with E-state index in [-0.39, 0.29) is 18.6 Å². The minimum absolute atomic E-state index is 0.0145. The second kappa shape index (κ2) is 2.32. The van der Waals surface area contributed by atoms with Crippen molar-refractivity contribution in [3.8, 4) is 0 Å². The highest BCUT2D eigenvalue weighted by molar-refractivity contribution is 5.26. The molecule has 2 atom stereocenters. The van der Waals surface area contributed by atoms with Crippen LogP contribution in [-0.2, 0) is 0 Å². The Bertz CT molecular complexity index is 198. The summed E-state index contributed by atoms with van der Waals surface area (Å²) in [7, 11) is 0. The van der Waals surface area contributed by atoms with Crippen LogP contribution >= 0.6 is 0 Å². The molecule has 11 heavy (non-hydrogen) atoms. The number of hydrogen-bond donors (Lipinski definition) is 2. The number of allylic oxidation sites excluding steroid dienone is 1. The predicted octanol–water partition coefficient (Wildman–Crippen LogP) is 0.698. The highest BCUT2D eigenvalue weighted by Gasteiger charge is 2.45. The number of hydrogen-bond acceptors (Lipinski definition) is 2. The van der Waals surface area contributed by atoms with Crippen molar-refractivity contribution in [3.05, 3.63) is 11.6 Å². The van der Waals surface area contributed by atoms with Gasteiger partial charge in [-0.1, -0.05) is 6.08 Å². The van der Waals surface area contributed by atoms with Gasteiger partial charge in [0.2, 0.25) is 0 Å². The van der Waals surface area contributed by atoms with Crippen LogP contribution in [0.3, 0.4) is 0 Å². The van der Waals surface area contributed by atoms with Crippen molar-refractivity contribution in [2.45, 2.75) is 19.3 Å². The van der Waals surface area contributed by atoms with Gasteiger partial charge in [-0.3, -0.25) is 0 Å². The van der Waals surface area contributed by atoms with Crippen LogP contribution in [0.15, 0.2) is 11.6 Å². The summed E-state index contributed by atoms with van der Waals surface area (Å²) in [5, 5.41) is 18.2. The molecular weight excluding hydrogens is 140 g/mol. The molecular formula is C9H14O2.